The molecule has 2 aromatic heterocycles. The third kappa shape index (κ3) is 7.88. The van der Waals surface area contributed by atoms with Crippen LogP contribution in [0.5, 0.6) is 0 Å². The SMILES string of the molecule is CC[C@@H](CO)Nc1cc(-c2c[nH]c(C(=O)NCCO)c2)c(Cl)cn1.Clc1ccccc1. The molecule has 31 heavy (non-hydrogen) atoms. The summed E-state index contributed by atoms with van der Waals surface area (Å²) in [5, 5.41) is 25.0. The number of nitrogens with zero attached hydrogens (tertiary/aromatic N) is 1. The van der Waals surface area contributed by atoms with Gasteiger partial charge in [0.2, 0.25) is 0 Å². The van der Waals surface area contributed by atoms with Gasteiger partial charge in [0.05, 0.1) is 24.3 Å². The molecule has 0 spiro atoms. The van der Waals surface area contributed by atoms with Gasteiger partial charge in [0.15, 0.2) is 0 Å². The number of pyridine rings is 1. The molecule has 7 nitrogen and oxygen atoms in total. The normalized spacial score (nSPS) is 11.3. The fourth-order valence-electron chi connectivity index (χ4n) is 2.59. The van der Waals surface area contributed by atoms with E-state index in [4.69, 9.17) is 28.3 Å². The van der Waals surface area contributed by atoms with Crippen LogP contribution in [0.15, 0.2) is 54.9 Å². The third-order valence-corrected chi connectivity index (χ3v) is 4.84. The van der Waals surface area contributed by atoms with E-state index in [0.717, 1.165) is 22.6 Å². The molecule has 9 heteroatoms. The number of aromatic amines is 1. The number of rotatable bonds is 8. The Kier molecular flexibility index (Phi) is 10.3. The fraction of sp³-hybridized carbons (Fsp3) is 0.273. The van der Waals surface area contributed by atoms with Gasteiger partial charge in [-0.2, -0.15) is 0 Å². The first-order chi connectivity index (χ1) is 15.0. The van der Waals surface area contributed by atoms with Crippen LogP contribution in [-0.2, 0) is 0 Å². The Hall–Kier alpha value is -2.58. The van der Waals surface area contributed by atoms with Crippen LogP contribution in [-0.4, -0.2) is 51.9 Å². The van der Waals surface area contributed by atoms with Crippen LogP contribution in [0, 0.1) is 0 Å². The van der Waals surface area contributed by atoms with Crippen LogP contribution >= 0.6 is 23.2 Å². The van der Waals surface area contributed by atoms with Crippen molar-refractivity contribution in [1.29, 1.82) is 0 Å². The summed E-state index contributed by atoms with van der Waals surface area (Å²) in [7, 11) is 0. The van der Waals surface area contributed by atoms with Gasteiger partial charge in [0.1, 0.15) is 11.5 Å². The summed E-state index contributed by atoms with van der Waals surface area (Å²) >= 11 is 11.8. The van der Waals surface area contributed by atoms with Crippen LogP contribution in [0.2, 0.25) is 10.0 Å². The number of hydrogen-bond acceptors (Lipinski definition) is 5. The standard InChI is InChI=1S/C16H21ClN4O3.C6H5Cl/c1-2-11(9-23)21-15-6-12(13(17)8-20-15)10-5-14(19-7-10)16(24)18-3-4-22;7-6-4-2-1-3-5-6/h5-8,11,19,22-23H,2-4,9H2,1H3,(H,18,24)(H,20,21);1-5H/t11-;/m0./s1. The van der Waals surface area contributed by atoms with Gasteiger partial charge in [-0.15, -0.1) is 0 Å². The zero-order valence-electron chi connectivity index (χ0n) is 17.1. The monoisotopic (exact) mass is 464 g/mol. The van der Waals surface area contributed by atoms with Gasteiger partial charge in [0, 0.05) is 35.1 Å². The summed E-state index contributed by atoms with van der Waals surface area (Å²) in [6.07, 6.45) is 3.97. The Morgan fingerprint density at radius 2 is 1.94 bits per heavy atom. The molecule has 0 aliphatic heterocycles. The lowest BCUT2D eigenvalue weighted by Crippen LogP contribution is -2.26. The summed E-state index contributed by atoms with van der Waals surface area (Å²) < 4.78 is 0. The van der Waals surface area contributed by atoms with Crippen molar-refractivity contribution in [2.45, 2.75) is 19.4 Å². The zero-order chi connectivity index (χ0) is 22.6. The van der Waals surface area contributed by atoms with Gasteiger partial charge in [-0.25, -0.2) is 4.98 Å². The minimum Gasteiger partial charge on any atom is -0.395 e. The lowest BCUT2D eigenvalue weighted by molar-refractivity contribution is 0.0940. The van der Waals surface area contributed by atoms with E-state index < -0.39 is 0 Å². The number of anilines is 1. The number of aliphatic hydroxyl groups is 2. The highest BCUT2D eigenvalue weighted by Gasteiger charge is 2.13. The Morgan fingerprint density at radius 1 is 1.19 bits per heavy atom. The third-order valence-electron chi connectivity index (χ3n) is 4.29. The molecule has 0 aliphatic rings. The minimum atomic E-state index is -0.301. The van der Waals surface area contributed by atoms with Gasteiger partial charge in [-0.05, 0) is 30.7 Å². The van der Waals surface area contributed by atoms with Gasteiger partial charge >= 0.3 is 0 Å². The maximum Gasteiger partial charge on any atom is 0.267 e. The van der Waals surface area contributed by atoms with Crippen LogP contribution < -0.4 is 10.6 Å². The first-order valence-electron chi connectivity index (χ1n) is 9.79. The van der Waals surface area contributed by atoms with E-state index in [1.807, 2.05) is 37.3 Å². The Labute approximate surface area is 191 Å². The van der Waals surface area contributed by atoms with E-state index in [1.165, 1.54) is 6.20 Å². The Balaban J connectivity index is 0.000000412. The van der Waals surface area contributed by atoms with E-state index in [9.17, 15) is 9.90 Å². The summed E-state index contributed by atoms with van der Waals surface area (Å²) in [6.45, 7) is 2.05. The molecule has 0 saturated heterocycles. The van der Waals surface area contributed by atoms with Gasteiger partial charge in [-0.3, -0.25) is 4.79 Å². The molecule has 1 atom stereocenters. The molecule has 3 aromatic rings. The molecule has 166 valence electrons. The molecule has 2 heterocycles. The number of aromatic nitrogens is 2. The average molecular weight is 465 g/mol. The molecule has 0 unspecified atom stereocenters. The minimum absolute atomic E-state index is 0.00940. The average Bonchev–Trinajstić information content (AvgIpc) is 3.28. The Morgan fingerprint density at radius 3 is 2.52 bits per heavy atom. The molecule has 0 aliphatic carbocycles. The highest BCUT2D eigenvalue weighted by Crippen LogP contribution is 2.30. The molecule has 1 amide bonds. The molecule has 5 N–H and O–H groups in total. The molecule has 0 bridgehead atoms. The molecular formula is C22H26Cl2N4O3. The zero-order valence-corrected chi connectivity index (χ0v) is 18.6. The van der Waals surface area contributed by atoms with Crippen molar-refractivity contribution in [3.8, 4) is 11.1 Å². The van der Waals surface area contributed by atoms with E-state index >= 15 is 0 Å². The smallest absolute Gasteiger partial charge is 0.267 e. The highest BCUT2D eigenvalue weighted by molar-refractivity contribution is 6.33. The predicted octanol–water partition coefficient (Wildman–Crippen LogP) is 3.98. The first-order valence-corrected chi connectivity index (χ1v) is 10.5. The maximum atomic E-state index is 11.9. The fourth-order valence-corrected chi connectivity index (χ4v) is 2.94. The Bertz CT molecular complexity index is 947. The number of carbonyl (C=O) groups is 1. The topological polar surface area (TPSA) is 110 Å². The van der Waals surface area contributed by atoms with Crippen molar-refractivity contribution < 1.29 is 15.0 Å². The van der Waals surface area contributed by atoms with Crippen molar-refractivity contribution in [1.82, 2.24) is 15.3 Å². The summed E-state index contributed by atoms with van der Waals surface area (Å²) in [5.74, 6) is 0.299. The molecule has 1 aromatic carbocycles. The van der Waals surface area contributed by atoms with Gasteiger partial charge in [-0.1, -0.05) is 48.3 Å². The van der Waals surface area contributed by atoms with Gasteiger partial charge in [0.25, 0.3) is 5.91 Å². The van der Waals surface area contributed by atoms with E-state index in [0.29, 0.717) is 16.5 Å². The predicted molar refractivity (Wildman–Crippen MR) is 125 cm³/mol. The lowest BCUT2D eigenvalue weighted by atomic mass is 10.1. The number of amides is 1. The number of halogens is 2. The number of aliphatic hydroxyl groups excluding tert-OH is 2. The second kappa shape index (κ2) is 13.0. The molecule has 3 rings (SSSR count). The van der Waals surface area contributed by atoms with E-state index in [1.54, 1.807) is 18.3 Å². The molecule has 0 radical (unpaired) electrons. The maximum absolute atomic E-state index is 11.9. The molecule has 0 fully saturated rings. The van der Waals surface area contributed by atoms with Crippen LogP contribution in [0.1, 0.15) is 23.8 Å². The van der Waals surface area contributed by atoms with Gasteiger partial charge < -0.3 is 25.8 Å². The van der Waals surface area contributed by atoms with Crippen molar-refractivity contribution in [2.75, 3.05) is 25.1 Å². The van der Waals surface area contributed by atoms with Crippen molar-refractivity contribution >= 4 is 34.9 Å². The van der Waals surface area contributed by atoms with Crippen LogP contribution in [0.4, 0.5) is 5.82 Å². The summed E-state index contributed by atoms with van der Waals surface area (Å²) in [5.41, 5.74) is 1.85. The first kappa shape index (κ1) is 24.7. The second-order valence-electron chi connectivity index (χ2n) is 6.56. The molecule has 0 saturated carbocycles. The van der Waals surface area contributed by atoms with Crippen LogP contribution in [0.3, 0.4) is 0 Å². The number of hydrogen-bond donors (Lipinski definition) is 5. The van der Waals surface area contributed by atoms with Crippen LogP contribution in [0.25, 0.3) is 11.1 Å². The number of carbonyl (C=O) groups excluding carboxylic acids is 1. The number of H-pyrrole nitrogens is 1. The largest absolute Gasteiger partial charge is 0.395 e. The second-order valence-corrected chi connectivity index (χ2v) is 7.40. The van der Waals surface area contributed by atoms with E-state index in [2.05, 4.69) is 20.6 Å². The number of nitrogens with one attached hydrogen (secondary N) is 3. The van der Waals surface area contributed by atoms with E-state index in [-0.39, 0.29) is 31.7 Å². The highest BCUT2D eigenvalue weighted by atomic mass is 35.5. The lowest BCUT2D eigenvalue weighted by Gasteiger charge is -2.15. The van der Waals surface area contributed by atoms with Crippen molar-refractivity contribution in [3.63, 3.8) is 0 Å². The van der Waals surface area contributed by atoms with Crippen molar-refractivity contribution in [3.05, 3.63) is 70.6 Å². The molecular weight excluding hydrogens is 439 g/mol. The summed E-state index contributed by atoms with van der Waals surface area (Å²) in [4.78, 5) is 19.0. The summed E-state index contributed by atoms with van der Waals surface area (Å²) in [6, 6.07) is 12.8. The van der Waals surface area contributed by atoms with Crippen molar-refractivity contribution in [2.24, 2.45) is 0 Å². The number of benzene rings is 1. The quantitative estimate of drug-likeness (QED) is 0.346.